The van der Waals surface area contributed by atoms with E-state index in [1.807, 2.05) is 0 Å². The first kappa shape index (κ1) is 11.2. The van der Waals surface area contributed by atoms with Gasteiger partial charge in [-0.2, -0.15) is 0 Å². The van der Waals surface area contributed by atoms with Crippen molar-refractivity contribution in [2.75, 3.05) is 11.1 Å². The second-order valence-corrected chi connectivity index (χ2v) is 5.09. The fourth-order valence-corrected chi connectivity index (χ4v) is 2.61. The van der Waals surface area contributed by atoms with Crippen LogP contribution in [0.5, 0.6) is 0 Å². The molecule has 1 atom stereocenters. The first-order chi connectivity index (χ1) is 8.56. The molecule has 3 rings (SSSR count). The Bertz CT molecular complexity index is 653. The Morgan fingerprint density at radius 1 is 1.50 bits per heavy atom. The molecule has 1 unspecified atom stereocenters. The van der Waals surface area contributed by atoms with Crippen molar-refractivity contribution in [1.29, 1.82) is 0 Å². The van der Waals surface area contributed by atoms with Crippen molar-refractivity contribution in [3.8, 4) is 11.3 Å². The molecule has 0 radical (unpaired) electrons. The van der Waals surface area contributed by atoms with Gasteiger partial charge in [-0.15, -0.1) is 11.3 Å². The lowest BCUT2D eigenvalue weighted by Crippen LogP contribution is -2.08. The molecular formula is C12H10FN3OS. The highest BCUT2D eigenvalue weighted by molar-refractivity contribution is 7.13. The molecule has 1 aliphatic rings. The molecule has 0 saturated heterocycles. The number of rotatable bonds is 1. The number of amides is 1. The summed E-state index contributed by atoms with van der Waals surface area (Å²) < 4.78 is 13.9. The number of carbonyl (C=O) groups excluding carboxylic acids is 1. The maximum atomic E-state index is 13.9. The van der Waals surface area contributed by atoms with Crippen LogP contribution < -0.4 is 11.1 Å². The Balaban J connectivity index is 2.15. The average molecular weight is 263 g/mol. The van der Waals surface area contributed by atoms with Crippen molar-refractivity contribution < 1.29 is 9.18 Å². The summed E-state index contributed by atoms with van der Waals surface area (Å²) in [7, 11) is 0. The van der Waals surface area contributed by atoms with Crippen molar-refractivity contribution in [2.45, 2.75) is 12.8 Å². The Hall–Kier alpha value is -1.95. The molecule has 3 N–H and O–H groups in total. The van der Waals surface area contributed by atoms with E-state index in [1.165, 1.54) is 17.4 Å². The summed E-state index contributed by atoms with van der Waals surface area (Å²) >= 11 is 1.30. The molecule has 6 heteroatoms. The maximum Gasteiger partial charge on any atom is 0.231 e. The van der Waals surface area contributed by atoms with Crippen molar-refractivity contribution in [3.63, 3.8) is 0 Å². The summed E-state index contributed by atoms with van der Waals surface area (Å²) in [6, 6.07) is 3.15. The lowest BCUT2D eigenvalue weighted by atomic mass is 9.99. The number of halogens is 1. The molecule has 0 saturated carbocycles. The van der Waals surface area contributed by atoms with E-state index in [4.69, 9.17) is 5.73 Å². The van der Waals surface area contributed by atoms with Gasteiger partial charge in [0, 0.05) is 10.9 Å². The van der Waals surface area contributed by atoms with E-state index in [0.717, 1.165) is 0 Å². The molecule has 0 fully saturated rings. The van der Waals surface area contributed by atoms with Gasteiger partial charge in [-0.1, -0.05) is 0 Å². The van der Waals surface area contributed by atoms with Crippen LogP contribution in [-0.4, -0.2) is 10.9 Å². The number of nitrogen functional groups attached to an aromatic ring is 1. The fraction of sp³-hybridized carbons (Fsp3) is 0.167. The smallest absolute Gasteiger partial charge is 0.231 e. The highest BCUT2D eigenvalue weighted by Gasteiger charge is 2.29. The van der Waals surface area contributed by atoms with Crippen LogP contribution in [0.3, 0.4) is 0 Å². The van der Waals surface area contributed by atoms with E-state index in [0.29, 0.717) is 22.0 Å². The lowest BCUT2D eigenvalue weighted by molar-refractivity contribution is -0.116. The zero-order chi connectivity index (χ0) is 12.9. The highest BCUT2D eigenvalue weighted by Crippen LogP contribution is 2.37. The summed E-state index contributed by atoms with van der Waals surface area (Å²) in [5.74, 6) is -0.962. The third kappa shape index (κ3) is 1.57. The monoisotopic (exact) mass is 263 g/mol. The predicted octanol–water partition coefficient (Wildman–Crippen LogP) is 2.59. The third-order valence-electron chi connectivity index (χ3n) is 3.05. The van der Waals surface area contributed by atoms with Gasteiger partial charge in [-0.3, -0.25) is 4.79 Å². The fourth-order valence-electron chi connectivity index (χ4n) is 2.04. The normalized spacial score (nSPS) is 17.7. The van der Waals surface area contributed by atoms with E-state index < -0.39 is 5.82 Å². The minimum atomic E-state index is -0.438. The third-order valence-corrected chi connectivity index (χ3v) is 3.72. The van der Waals surface area contributed by atoms with Crippen LogP contribution >= 0.6 is 11.3 Å². The van der Waals surface area contributed by atoms with E-state index in [1.54, 1.807) is 18.4 Å². The molecule has 92 valence electrons. The van der Waals surface area contributed by atoms with Crippen LogP contribution in [0.4, 0.5) is 15.2 Å². The SMILES string of the molecule is CC1C(=O)Nc2c(F)cc(-c3csc(N)n3)cc21. The van der Waals surface area contributed by atoms with Gasteiger partial charge in [0.15, 0.2) is 5.13 Å². The first-order valence-electron chi connectivity index (χ1n) is 5.42. The van der Waals surface area contributed by atoms with Crippen LogP contribution in [0, 0.1) is 5.82 Å². The number of hydrogen-bond acceptors (Lipinski definition) is 4. The lowest BCUT2D eigenvalue weighted by Gasteiger charge is -2.05. The van der Waals surface area contributed by atoms with Crippen LogP contribution in [0.25, 0.3) is 11.3 Å². The quantitative estimate of drug-likeness (QED) is 0.831. The highest BCUT2D eigenvalue weighted by atomic mass is 32.1. The summed E-state index contributed by atoms with van der Waals surface area (Å²) in [6.07, 6.45) is 0. The van der Waals surface area contributed by atoms with Crippen molar-refractivity contribution in [1.82, 2.24) is 4.98 Å². The molecule has 0 bridgehead atoms. The standard InChI is InChI=1S/C12H10FN3OS/c1-5-7-2-6(9-4-18-12(14)15-9)3-8(13)10(7)16-11(5)17/h2-5H,1H3,(H2,14,15)(H,16,17). The van der Waals surface area contributed by atoms with E-state index >= 15 is 0 Å². The summed E-state index contributed by atoms with van der Waals surface area (Å²) in [5, 5.41) is 4.75. The van der Waals surface area contributed by atoms with Gasteiger partial charge in [0.2, 0.25) is 5.91 Å². The van der Waals surface area contributed by atoms with Gasteiger partial charge in [-0.05, 0) is 24.6 Å². The van der Waals surface area contributed by atoms with Crippen LogP contribution in [0.2, 0.25) is 0 Å². The molecule has 1 aromatic heterocycles. The first-order valence-corrected chi connectivity index (χ1v) is 6.30. The molecule has 4 nitrogen and oxygen atoms in total. The summed E-state index contributed by atoms with van der Waals surface area (Å²) in [6.45, 7) is 1.75. The van der Waals surface area contributed by atoms with Crippen LogP contribution in [0.15, 0.2) is 17.5 Å². The second-order valence-electron chi connectivity index (χ2n) is 4.20. The number of nitrogens with one attached hydrogen (secondary N) is 1. The number of hydrogen-bond donors (Lipinski definition) is 2. The molecule has 18 heavy (non-hydrogen) atoms. The number of nitrogens with zero attached hydrogens (tertiary/aromatic N) is 1. The topological polar surface area (TPSA) is 68.0 Å². The summed E-state index contributed by atoms with van der Waals surface area (Å²) in [5.41, 5.74) is 7.78. The van der Waals surface area contributed by atoms with Gasteiger partial charge in [0.25, 0.3) is 0 Å². The van der Waals surface area contributed by atoms with Crippen molar-refractivity contribution in [3.05, 3.63) is 28.9 Å². The number of anilines is 2. The van der Waals surface area contributed by atoms with E-state index in [2.05, 4.69) is 10.3 Å². The molecule has 0 aliphatic carbocycles. The minimum Gasteiger partial charge on any atom is -0.375 e. The second kappa shape index (κ2) is 3.78. The number of fused-ring (bicyclic) bond motifs is 1. The zero-order valence-corrected chi connectivity index (χ0v) is 10.3. The van der Waals surface area contributed by atoms with Crippen LogP contribution in [-0.2, 0) is 4.79 Å². The molecule has 0 spiro atoms. The van der Waals surface area contributed by atoms with Gasteiger partial charge in [0.1, 0.15) is 5.82 Å². The van der Waals surface area contributed by atoms with Gasteiger partial charge >= 0.3 is 0 Å². The Labute approximate surface area is 107 Å². The van der Waals surface area contributed by atoms with Crippen LogP contribution in [0.1, 0.15) is 18.4 Å². The molecular weight excluding hydrogens is 253 g/mol. The number of nitrogens with two attached hydrogens (primary N) is 1. The van der Waals surface area contributed by atoms with Crippen molar-refractivity contribution in [2.24, 2.45) is 0 Å². The minimum absolute atomic E-state index is 0.182. The number of thiazole rings is 1. The predicted molar refractivity (Wildman–Crippen MR) is 69.0 cm³/mol. The summed E-state index contributed by atoms with van der Waals surface area (Å²) in [4.78, 5) is 15.6. The van der Waals surface area contributed by atoms with E-state index in [-0.39, 0.29) is 17.5 Å². The maximum absolute atomic E-state index is 13.9. The Morgan fingerprint density at radius 2 is 2.28 bits per heavy atom. The van der Waals surface area contributed by atoms with Crippen molar-refractivity contribution >= 4 is 28.1 Å². The molecule has 1 aliphatic heterocycles. The van der Waals surface area contributed by atoms with Gasteiger partial charge in [0.05, 0.1) is 17.3 Å². The number of aromatic nitrogens is 1. The molecule has 2 aromatic rings. The molecule has 1 amide bonds. The number of carbonyl (C=O) groups is 1. The van der Waals surface area contributed by atoms with Gasteiger partial charge < -0.3 is 11.1 Å². The molecule has 1 aromatic carbocycles. The number of benzene rings is 1. The molecule has 2 heterocycles. The van der Waals surface area contributed by atoms with E-state index in [9.17, 15) is 9.18 Å². The Kier molecular flexibility index (Phi) is 2.34. The largest absolute Gasteiger partial charge is 0.375 e. The Morgan fingerprint density at radius 3 is 2.94 bits per heavy atom. The average Bonchev–Trinajstić information content (AvgIpc) is 2.87. The zero-order valence-electron chi connectivity index (χ0n) is 9.53. The van der Waals surface area contributed by atoms with Gasteiger partial charge in [-0.25, -0.2) is 9.37 Å².